The molecular weight excluding hydrogens is 358 g/mol. The third-order valence-corrected chi connectivity index (χ3v) is 4.89. The molecule has 1 aromatic heterocycles. The number of likely N-dealkylation sites (tertiary alicyclic amines) is 1. The first-order valence-electron chi connectivity index (χ1n) is 9.41. The van der Waals surface area contributed by atoms with E-state index in [1.54, 1.807) is 29.5 Å². The zero-order valence-electron chi connectivity index (χ0n) is 16.1. The van der Waals surface area contributed by atoms with Crippen LogP contribution in [0.2, 0.25) is 0 Å². The van der Waals surface area contributed by atoms with Gasteiger partial charge < -0.3 is 16.0 Å². The number of amides is 3. The fourth-order valence-corrected chi connectivity index (χ4v) is 3.14. The van der Waals surface area contributed by atoms with Gasteiger partial charge in [0.1, 0.15) is 5.82 Å². The maximum absolute atomic E-state index is 12.9. The molecule has 2 heterocycles. The summed E-state index contributed by atoms with van der Waals surface area (Å²) in [5, 5.41) is 7.28. The molecular formula is C20H25N5O3. The van der Waals surface area contributed by atoms with Crippen LogP contribution in [0.1, 0.15) is 37.2 Å². The number of nitrogens with one attached hydrogen (secondary N) is 1. The van der Waals surface area contributed by atoms with E-state index in [9.17, 15) is 14.4 Å². The Labute approximate surface area is 163 Å². The Morgan fingerprint density at radius 3 is 2.36 bits per heavy atom. The summed E-state index contributed by atoms with van der Waals surface area (Å²) in [4.78, 5) is 38.1. The molecule has 1 saturated heterocycles. The van der Waals surface area contributed by atoms with Crippen LogP contribution in [-0.4, -0.2) is 45.5 Å². The number of benzene rings is 1. The highest BCUT2D eigenvalue weighted by molar-refractivity contribution is 5.96. The van der Waals surface area contributed by atoms with Crippen molar-refractivity contribution in [1.29, 1.82) is 0 Å². The Hall–Kier alpha value is -3.16. The van der Waals surface area contributed by atoms with Gasteiger partial charge in [-0.15, -0.1) is 0 Å². The molecule has 3 rings (SSSR count). The Bertz CT molecular complexity index is 867. The number of aromatic nitrogens is 2. The lowest BCUT2D eigenvalue weighted by Crippen LogP contribution is -2.41. The number of rotatable bonds is 5. The largest absolute Gasteiger partial charge is 0.369 e. The van der Waals surface area contributed by atoms with E-state index in [2.05, 4.69) is 10.4 Å². The number of carbonyl (C=O) groups excluding carboxylic acids is 3. The zero-order valence-corrected chi connectivity index (χ0v) is 16.1. The van der Waals surface area contributed by atoms with E-state index in [4.69, 9.17) is 5.73 Å². The van der Waals surface area contributed by atoms with Crippen molar-refractivity contribution in [2.75, 3.05) is 18.4 Å². The standard InChI is InChI=1S/C20H25N5O3/c1-13(2)19(27)22-17-12-16(23-25(17)15-6-4-3-5-7-15)20(28)24-10-8-14(9-11-24)18(21)26/h3-7,12-14H,8-11H2,1-2H3,(H2,21,26)(H,22,27). The molecule has 1 aliphatic heterocycles. The molecule has 8 heteroatoms. The SMILES string of the molecule is CC(C)C(=O)Nc1cc(C(=O)N2CCC(C(N)=O)CC2)nn1-c1ccccc1. The molecule has 28 heavy (non-hydrogen) atoms. The molecule has 0 unspecified atom stereocenters. The van der Waals surface area contributed by atoms with Gasteiger partial charge in [-0.05, 0) is 25.0 Å². The number of piperidine rings is 1. The summed E-state index contributed by atoms with van der Waals surface area (Å²) in [6.07, 6.45) is 1.11. The average molecular weight is 383 g/mol. The molecule has 0 aliphatic carbocycles. The second-order valence-electron chi connectivity index (χ2n) is 7.27. The van der Waals surface area contributed by atoms with E-state index in [0.29, 0.717) is 31.7 Å². The Morgan fingerprint density at radius 2 is 1.79 bits per heavy atom. The minimum atomic E-state index is -0.320. The monoisotopic (exact) mass is 383 g/mol. The van der Waals surface area contributed by atoms with Crippen LogP contribution in [0.3, 0.4) is 0 Å². The quantitative estimate of drug-likeness (QED) is 0.820. The van der Waals surface area contributed by atoms with Gasteiger partial charge in [0, 0.05) is 31.0 Å². The molecule has 2 aromatic rings. The molecule has 0 radical (unpaired) electrons. The summed E-state index contributed by atoms with van der Waals surface area (Å²) in [6.45, 7) is 4.51. The third-order valence-electron chi connectivity index (χ3n) is 4.89. The second-order valence-corrected chi connectivity index (χ2v) is 7.27. The Kier molecular flexibility index (Phi) is 5.77. The first-order valence-corrected chi connectivity index (χ1v) is 9.41. The molecule has 0 bridgehead atoms. The molecule has 1 aromatic carbocycles. The van der Waals surface area contributed by atoms with Crippen LogP contribution in [0.4, 0.5) is 5.82 Å². The van der Waals surface area contributed by atoms with Gasteiger partial charge in [0.2, 0.25) is 11.8 Å². The number of anilines is 1. The maximum atomic E-state index is 12.9. The lowest BCUT2D eigenvalue weighted by Gasteiger charge is -2.29. The summed E-state index contributed by atoms with van der Waals surface area (Å²) in [6, 6.07) is 10.9. The van der Waals surface area contributed by atoms with Crippen LogP contribution < -0.4 is 11.1 Å². The van der Waals surface area contributed by atoms with Crippen LogP contribution in [0.5, 0.6) is 0 Å². The molecule has 0 atom stereocenters. The van der Waals surface area contributed by atoms with Gasteiger partial charge in [-0.25, -0.2) is 4.68 Å². The smallest absolute Gasteiger partial charge is 0.274 e. The molecule has 1 aliphatic rings. The van der Waals surface area contributed by atoms with E-state index in [1.165, 1.54) is 0 Å². The number of nitrogens with zero attached hydrogens (tertiary/aromatic N) is 3. The summed E-state index contributed by atoms with van der Waals surface area (Å²) in [5.74, 6) is -0.645. The van der Waals surface area contributed by atoms with Crippen molar-refractivity contribution in [2.24, 2.45) is 17.6 Å². The number of hydrogen-bond acceptors (Lipinski definition) is 4. The van der Waals surface area contributed by atoms with Gasteiger partial charge in [-0.3, -0.25) is 14.4 Å². The molecule has 3 amide bonds. The highest BCUT2D eigenvalue weighted by Gasteiger charge is 2.28. The lowest BCUT2D eigenvalue weighted by molar-refractivity contribution is -0.123. The van der Waals surface area contributed by atoms with Gasteiger partial charge in [0.25, 0.3) is 5.91 Å². The normalized spacial score (nSPS) is 14.9. The molecule has 3 N–H and O–H groups in total. The first-order chi connectivity index (χ1) is 13.4. The molecule has 148 valence electrons. The summed E-state index contributed by atoms with van der Waals surface area (Å²) in [7, 11) is 0. The average Bonchev–Trinajstić information content (AvgIpc) is 3.11. The Morgan fingerprint density at radius 1 is 1.14 bits per heavy atom. The van der Waals surface area contributed by atoms with Crippen molar-refractivity contribution in [1.82, 2.24) is 14.7 Å². The van der Waals surface area contributed by atoms with Gasteiger partial charge in [-0.2, -0.15) is 5.10 Å². The van der Waals surface area contributed by atoms with Crippen molar-refractivity contribution in [3.8, 4) is 5.69 Å². The van der Waals surface area contributed by atoms with Crippen molar-refractivity contribution < 1.29 is 14.4 Å². The summed E-state index contributed by atoms with van der Waals surface area (Å²) in [5.41, 5.74) is 6.35. The molecule has 1 fully saturated rings. The van der Waals surface area contributed by atoms with E-state index in [-0.39, 0.29) is 35.3 Å². The van der Waals surface area contributed by atoms with Crippen LogP contribution in [0, 0.1) is 11.8 Å². The predicted molar refractivity (Wildman–Crippen MR) is 105 cm³/mol. The third kappa shape index (κ3) is 4.21. The molecule has 0 saturated carbocycles. The number of para-hydroxylation sites is 1. The first kappa shape index (κ1) is 19.6. The highest BCUT2D eigenvalue weighted by Crippen LogP contribution is 2.22. The van der Waals surface area contributed by atoms with E-state index < -0.39 is 0 Å². The predicted octanol–water partition coefficient (Wildman–Crippen LogP) is 1.80. The topological polar surface area (TPSA) is 110 Å². The van der Waals surface area contributed by atoms with Crippen LogP contribution in [0.25, 0.3) is 5.69 Å². The summed E-state index contributed by atoms with van der Waals surface area (Å²) >= 11 is 0. The molecule has 0 spiro atoms. The van der Waals surface area contributed by atoms with Crippen LogP contribution >= 0.6 is 0 Å². The Balaban J connectivity index is 1.85. The number of primary amides is 1. The van der Waals surface area contributed by atoms with Crippen molar-refractivity contribution in [2.45, 2.75) is 26.7 Å². The van der Waals surface area contributed by atoms with Gasteiger partial charge in [-0.1, -0.05) is 32.0 Å². The highest BCUT2D eigenvalue weighted by atomic mass is 16.2. The number of hydrogen-bond donors (Lipinski definition) is 2. The van der Waals surface area contributed by atoms with E-state index in [0.717, 1.165) is 5.69 Å². The molecule has 8 nitrogen and oxygen atoms in total. The second kappa shape index (κ2) is 8.24. The number of nitrogens with two attached hydrogens (primary N) is 1. The van der Waals surface area contributed by atoms with Gasteiger partial charge in [0.15, 0.2) is 5.69 Å². The lowest BCUT2D eigenvalue weighted by atomic mass is 9.96. The summed E-state index contributed by atoms with van der Waals surface area (Å²) < 4.78 is 1.56. The van der Waals surface area contributed by atoms with Gasteiger partial charge in [0.05, 0.1) is 5.69 Å². The van der Waals surface area contributed by atoms with Crippen LogP contribution in [-0.2, 0) is 9.59 Å². The minimum Gasteiger partial charge on any atom is -0.369 e. The zero-order chi connectivity index (χ0) is 20.3. The van der Waals surface area contributed by atoms with Crippen molar-refractivity contribution in [3.63, 3.8) is 0 Å². The van der Waals surface area contributed by atoms with Crippen LogP contribution in [0.15, 0.2) is 36.4 Å². The van der Waals surface area contributed by atoms with Gasteiger partial charge >= 0.3 is 0 Å². The minimum absolute atomic E-state index is 0.154. The van der Waals surface area contributed by atoms with Crippen molar-refractivity contribution >= 4 is 23.5 Å². The van der Waals surface area contributed by atoms with Crippen molar-refractivity contribution in [3.05, 3.63) is 42.1 Å². The fourth-order valence-electron chi connectivity index (χ4n) is 3.14. The van der Waals surface area contributed by atoms with E-state index in [1.807, 2.05) is 30.3 Å². The number of carbonyl (C=O) groups is 3. The van der Waals surface area contributed by atoms with E-state index >= 15 is 0 Å². The maximum Gasteiger partial charge on any atom is 0.274 e. The fraction of sp³-hybridized carbons (Fsp3) is 0.400.